The Hall–Kier alpha value is -2.74. The summed E-state index contributed by atoms with van der Waals surface area (Å²) < 4.78 is 75.2. The van der Waals surface area contributed by atoms with Crippen molar-refractivity contribution in [1.82, 2.24) is 15.1 Å². The van der Waals surface area contributed by atoms with Crippen LogP contribution in [0.25, 0.3) is 0 Å². The zero-order valence-electron chi connectivity index (χ0n) is 21.8. The number of anilines is 1. The maximum absolute atomic E-state index is 13.3. The standard InChI is InChI=1S/C23H35F3N4O6S/c1-14(2)27-22(32)30-10-15(3)20(35-6)11-29(5)21(31)18-9-17(7-8-19(18)36-12-16(30)4)28-37(33,34)13-23(24,25)26/h7-9,14-16,20,28H,10-13H2,1-6H3,(H,27,32)/t15-,16-,20+/m1/s1. The smallest absolute Gasteiger partial charge is 0.404 e. The van der Waals surface area contributed by atoms with Crippen LogP contribution >= 0.6 is 0 Å². The molecule has 1 aliphatic heterocycles. The Morgan fingerprint density at radius 1 is 1.24 bits per heavy atom. The second-order valence-electron chi connectivity index (χ2n) is 9.54. The minimum Gasteiger partial charge on any atom is -0.491 e. The number of fused-ring (bicyclic) bond motifs is 1. The van der Waals surface area contributed by atoms with E-state index in [1.807, 2.05) is 25.5 Å². The number of sulfonamides is 1. The average molecular weight is 553 g/mol. The predicted octanol–water partition coefficient (Wildman–Crippen LogP) is 2.91. The number of likely N-dealkylation sites (N-methyl/N-ethyl adjacent to an activating group) is 1. The molecule has 3 amide bonds. The molecule has 0 fully saturated rings. The highest BCUT2D eigenvalue weighted by atomic mass is 32.2. The third kappa shape index (κ3) is 8.95. The molecule has 1 heterocycles. The van der Waals surface area contributed by atoms with Crippen molar-refractivity contribution in [3.63, 3.8) is 0 Å². The van der Waals surface area contributed by atoms with Gasteiger partial charge in [0.2, 0.25) is 10.0 Å². The SMILES string of the molecule is CO[C@H]1CN(C)C(=O)c2cc(NS(=O)(=O)CC(F)(F)F)ccc2OC[C@@H](C)N(C(=O)NC(C)C)C[C@H]1C. The molecule has 0 aliphatic carbocycles. The molecule has 0 radical (unpaired) electrons. The van der Waals surface area contributed by atoms with Crippen molar-refractivity contribution in [2.75, 3.05) is 44.3 Å². The molecule has 37 heavy (non-hydrogen) atoms. The molecule has 0 aromatic heterocycles. The zero-order chi connectivity index (χ0) is 28.1. The van der Waals surface area contributed by atoms with Gasteiger partial charge in [-0.2, -0.15) is 13.2 Å². The Morgan fingerprint density at radius 2 is 1.89 bits per heavy atom. The van der Waals surface area contributed by atoms with E-state index in [1.54, 1.807) is 11.8 Å². The van der Waals surface area contributed by atoms with Crippen molar-refractivity contribution in [2.24, 2.45) is 5.92 Å². The molecule has 10 nitrogen and oxygen atoms in total. The number of carbonyl (C=O) groups excluding carboxylic acids is 2. The fourth-order valence-corrected chi connectivity index (χ4v) is 4.87. The van der Waals surface area contributed by atoms with E-state index in [2.05, 4.69) is 5.32 Å². The van der Waals surface area contributed by atoms with E-state index >= 15 is 0 Å². The summed E-state index contributed by atoms with van der Waals surface area (Å²) in [4.78, 5) is 29.2. The van der Waals surface area contributed by atoms with E-state index in [0.29, 0.717) is 6.54 Å². The fourth-order valence-electron chi connectivity index (χ4n) is 3.88. The van der Waals surface area contributed by atoms with E-state index in [-0.39, 0.29) is 48.1 Å². The van der Waals surface area contributed by atoms with Crippen molar-refractivity contribution in [2.45, 2.75) is 52.1 Å². The van der Waals surface area contributed by atoms with Gasteiger partial charge in [-0.25, -0.2) is 13.2 Å². The highest BCUT2D eigenvalue weighted by Crippen LogP contribution is 2.28. The van der Waals surface area contributed by atoms with Crippen LogP contribution in [0.15, 0.2) is 18.2 Å². The molecule has 1 aliphatic rings. The number of rotatable bonds is 5. The molecule has 1 aromatic carbocycles. The molecule has 3 atom stereocenters. The third-order valence-electron chi connectivity index (χ3n) is 5.74. The number of halogens is 3. The normalized spacial score (nSPS) is 22.0. The first-order chi connectivity index (χ1) is 17.0. The molecule has 1 aromatic rings. The number of carbonyl (C=O) groups is 2. The Kier molecular flexibility index (Phi) is 10.1. The van der Waals surface area contributed by atoms with Crippen LogP contribution in [0.3, 0.4) is 0 Å². The van der Waals surface area contributed by atoms with Gasteiger partial charge < -0.3 is 24.6 Å². The van der Waals surface area contributed by atoms with Gasteiger partial charge in [0.1, 0.15) is 12.4 Å². The molecule has 0 unspecified atom stereocenters. The molecule has 2 N–H and O–H groups in total. The summed E-state index contributed by atoms with van der Waals surface area (Å²) in [5, 5.41) is 2.87. The monoisotopic (exact) mass is 552 g/mol. The Balaban J connectivity index is 2.46. The van der Waals surface area contributed by atoms with E-state index in [1.165, 1.54) is 31.2 Å². The lowest BCUT2D eigenvalue weighted by molar-refractivity contribution is -0.106. The van der Waals surface area contributed by atoms with Crippen LogP contribution in [-0.2, 0) is 14.8 Å². The lowest BCUT2D eigenvalue weighted by atomic mass is 10.0. The molecule has 14 heteroatoms. The van der Waals surface area contributed by atoms with Crippen molar-refractivity contribution in [3.05, 3.63) is 23.8 Å². The maximum atomic E-state index is 13.3. The molecule has 210 valence electrons. The highest BCUT2D eigenvalue weighted by molar-refractivity contribution is 7.92. The van der Waals surface area contributed by atoms with Gasteiger partial charge in [-0.1, -0.05) is 6.92 Å². The first kappa shape index (κ1) is 30.5. The van der Waals surface area contributed by atoms with Crippen LogP contribution in [0.2, 0.25) is 0 Å². The van der Waals surface area contributed by atoms with Crippen molar-refractivity contribution in [3.8, 4) is 5.75 Å². The summed E-state index contributed by atoms with van der Waals surface area (Å²) in [6.07, 6.45) is -5.38. The molecule has 0 saturated heterocycles. The Bertz CT molecular complexity index is 1070. The van der Waals surface area contributed by atoms with E-state index in [4.69, 9.17) is 9.47 Å². The summed E-state index contributed by atoms with van der Waals surface area (Å²) in [6.45, 7) is 7.82. The maximum Gasteiger partial charge on any atom is 0.404 e. The second-order valence-corrected chi connectivity index (χ2v) is 11.3. The zero-order valence-corrected chi connectivity index (χ0v) is 22.6. The van der Waals surface area contributed by atoms with Gasteiger partial charge in [0, 0.05) is 44.9 Å². The number of hydrogen-bond acceptors (Lipinski definition) is 6. The quantitative estimate of drug-likeness (QED) is 0.580. The lowest BCUT2D eigenvalue weighted by Crippen LogP contribution is -2.52. The third-order valence-corrected chi connectivity index (χ3v) is 7.00. The number of nitrogens with one attached hydrogen (secondary N) is 2. The topological polar surface area (TPSA) is 117 Å². The van der Waals surface area contributed by atoms with Crippen LogP contribution in [0.5, 0.6) is 5.75 Å². The summed E-state index contributed by atoms with van der Waals surface area (Å²) in [6, 6.07) is 2.83. The molecule has 2 rings (SSSR count). The minimum absolute atomic E-state index is 0.000966. The average Bonchev–Trinajstić information content (AvgIpc) is 2.75. The fraction of sp³-hybridized carbons (Fsp3) is 0.652. The molecule has 0 bridgehead atoms. The molecule has 0 spiro atoms. The van der Waals surface area contributed by atoms with Crippen molar-refractivity contribution >= 4 is 27.6 Å². The van der Waals surface area contributed by atoms with E-state index in [0.717, 1.165) is 6.07 Å². The van der Waals surface area contributed by atoms with Crippen LogP contribution < -0.4 is 14.8 Å². The van der Waals surface area contributed by atoms with Crippen LogP contribution in [0.4, 0.5) is 23.7 Å². The number of alkyl halides is 3. The molecular weight excluding hydrogens is 517 g/mol. The minimum atomic E-state index is -4.93. The van der Waals surface area contributed by atoms with Crippen LogP contribution in [-0.4, -0.2) is 94.1 Å². The molecular formula is C23H35F3N4O6S. The number of benzene rings is 1. The number of amides is 3. The number of methoxy groups -OCH3 is 1. The van der Waals surface area contributed by atoms with E-state index < -0.39 is 40.0 Å². The van der Waals surface area contributed by atoms with Crippen LogP contribution in [0, 0.1) is 5.92 Å². The molecule has 0 saturated carbocycles. The number of hydrogen-bond donors (Lipinski definition) is 2. The lowest BCUT2D eigenvalue weighted by Gasteiger charge is -2.36. The van der Waals surface area contributed by atoms with Gasteiger partial charge in [0.05, 0.1) is 17.7 Å². The summed E-state index contributed by atoms with van der Waals surface area (Å²) >= 11 is 0. The Morgan fingerprint density at radius 3 is 2.46 bits per heavy atom. The van der Waals surface area contributed by atoms with Gasteiger partial charge in [-0.05, 0) is 39.0 Å². The van der Waals surface area contributed by atoms with Gasteiger partial charge in [0.25, 0.3) is 5.91 Å². The van der Waals surface area contributed by atoms with Gasteiger partial charge in [-0.15, -0.1) is 0 Å². The number of urea groups is 1. The van der Waals surface area contributed by atoms with Crippen molar-refractivity contribution in [1.29, 1.82) is 0 Å². The predicted molar refractivity (Wildman–Crippen MR) is 132 cm³/mol. The largest absolute Gasteiger partial charge is 0.491 e. The first-order valence-electron chi connectivity index (χ1n) is 11.7. The van der Waals surface area contributed by atoms with Crippen molar-refractivity contribution < 1.29 is 40.7 Å². The second kappa shape index (κ2) is 12.2. The van der Waals surface area contributed by atoms with Gasteiger partial charge in [0.15, 0.2) is 5.75 Å². The van der Waals surface area contributed by atoms with Crippen LogP contribution in [0.1, 0.15) is 38.1 Å². The number of nitrogens with zero attached hydrogens (tertiary/aromatic N) is 2. The highest BCUT2D eigenvalue weighted by Gasteiger charge is 2.35. The summed E-state index contributed by atoms with van der Waals surface area (Å²) in [5.74, 6) is -2.70. The van der Waals surface area contributed by atoms with Gasteiger partial charge in [-0.3, -0.25) is 9.52 Å². The number of ether oxygens (including phenoxy) is 2. The summed E-state index contributed by atoms with van der Waals surface area (Å²) in [7, 11) is -1.74. The summed E-state index contributed by atoms with van der Waals surface area (Å²) in [5.41, 5.74) is -0.272. The van der Waals surface area contributed by atoms with E-state index in [9.17, 15) is 31.2 Å². The van der Waals surface area contributed by atoms with Gasteiger partial charge >= 0.3 is 12.2 Å². The Labute approximate surface area is 215 Å². The first-order valence-corrected chi connectivity index (χ1v) is 13.4.